The van der Waals surface area contributed by atoms with Gasteiger partial charge in [-0.1, -0.05) is 18.2 Å². The standard InChI is InChI=1S/C16H26N2S/c1-13(2)18(3)11-7-6-10-17-15-12-19-16-9-5-4-8-14(15)16/h4-5,8-9,13,15,17H,6-7,10-12H2,1-3H3. The van der Waals surface area contributed by atoms with E-state index in [0.29, 0.717) is 12.1 Å². The molecule has 2 rings (SSSR count). The first-order valence-corrected chi connectivity index (χ1v) is 8.32. The van der Waals surface area contributed by atoms with Crippen LogP contribution in [0.15, 0.2) is 29.2 Å². The lowest BCUT2D eigenvalue weighted by molar-refractivity contribution is 0.267. The quantitative estimate of drug-likeness (QED) is 0.768. The molecule has 1 aromatic carbocycles. The largest absolute Gasteiger partial charge is 0.309 e. The lowest BCUT2D eigenvalue weighted by Gasteiger charge is -2.21. The SMILES string of the molecule is CC(C)N(C)CCCCNC1CSc2ccccc21. The van der Waals surface area contributed by atoms with Gasteiger partial charge >= 0.3 is 0 Å². The van der Waals surface area contributed by atoms with Crippen LogP contribution in [0.5, 0.6) is 0 Å². The lowest BCUT2D eigenvalue weighted by Crippen LogP contribution is -2.28. The Morgan fingerprint density at radius 2 is 2.11 bits per heavy atom. The molecule has 1 aromatic rings. The van der Waals surface area contributed by atoms with E-state index >= 15 is 0 Å². The van der Waals surface area contributed by atoms with E-state index in [1.807, 2.05) is 11.8 Å². The van der Waals surface area contributed by atoms with E-state index in [-0.39, 0.29) is 0 Å². The Balaban J connectivity index is 1.65. The average molecular weight is 278 g/mol. The molecular formula is C16H26N2S. The first-order chi connectivity index (χ1) is 9.18. The van der Waals surface area contributed by atoms with Crippen molar-refractivity contribution in [3.8, 4) is 0 Å². The molecule has 3 heteroatoms. The molecule has 106 valence electrons. The van der Waals surface area contributed by atoms with Gasteiger partial charge in [0.25, 0.3) is 0 Å². The summed E-state index contributed by atoms with van der Waals surface area (Å²) in [6, 6.07) is 10.0. The predicted octanol–water partition coefficient (Wildman–Crippen LogP) is 3.54. The van der Waals surface area contributed by atoms with Crippen LogP contribution in [0.25, 0.3) is 0 Å². The fourth-order valence-corrected chi connectivity index (χ4v) is 3.55. The Hall–Kier alpha value is -0.510. The first-order valence-electron chi connectivity index (χ1n) is 7.34. The summed E-state index contributed by atoms with van der Waals surface area (Å²) in [6.45, 7) is 6.84. The van der Waals surface area contributed by atoms with Crippen LogP contribution in [-0.2, 0) is 0 Å². The topological polar surface area (TPSA) is 15.3 Å². The molecule has 0 amide bonds. The van der Waals surface area contributed by atoms with Crippen LogP contribution in [0, 0.1) is 0 Å². The highest BCUT2D eigenvalue weighted by molar-refractivity contribution is 7.99. The maximum Gasteiger partial charge on any atom is 0.0426 e. The van der Waals surface area contributed by atoms with Gasteiger partial charge < -0.3 is 10.2 Å². The molecule has 0 saturated carbocycles. The van der Waals surface area contributed by atoms with Crippen molar-refractivity contribution in [1.29, 1.82) is 0 Å². The minimum absolute atomic E-state index is 0.559. The molecule has 1 aliphatic rings. The van der Waals surface area contributed by atoms with E-state index in [1.54, 1.807) is 0 Å². The number of nitrogens with zero attached hydrogens (tertiary/aromatic N) is 1. The molecule has 1 unspecified atom stereocenters. The summed E-state index contributed by atoms with van der Waals surface area (Å²) in [5, 5.41) is 3.70. The highest BCUT2D eigenvalue weighted by Crippen LogP contribution is 2.37. The molecule has 0 radical (unpaired) electrons. The Bertz CT molecular complexity index is 392. The van der Waals surface area contributed by atoms with Gasteiger partial charge in [0.2, 0.25) is 0 Å². The summed E-state index contributed by atoms with van der Waals surface area (Å²) in [6.07, 6.45) is 2.55. The van der Waals surface area contributed by atoms with Crippen LogP contribution in [0.3, 0.4) is 0 Å². The van der Waals surface area contributed by atoms with Gasteiger partial charge in [-0.25, -0.2) is 0 Å². The number of hydrogen-bond donors (Lipinski definition) is 1. The van der Waals surface area contributed by atoms with E-state index in [9.17, 15) is 0 Å². The molecule has 0 aromatic heterocycles. The maximum atomic E-state index is 3.70. The molecule has 0 spiro atoms. The smallest absolute Gasteiger partial charge is 0.0426 e. The zero-order valence-electron chi connectivity index (χ0n) is 12.4. The van der Waals surface area contributed by atoms with Crippen molar-refractivity contribution in [3.63, 3.8) is 0 Å². The van der Waals surface area contributed by atoms with Gasteiger partial charge in [-0.2, -0.15) is 0 Å². The molecule has 1 aliphatic heterocycles. The third-order valence-corrected chi connectivity index (χ3v) is 5.09. The monoisotopic (exact) mass is 278 g/mol. The fraction of sp³-hybridized carbons (Fsp3) is 0.625. The highest BCUT2D eigenvalue weighted by atomic mass is 32.2. The normalized spacial score (nSPS) is 18.3. The number of thioether (sulfide) groups is 1. The van der Waals surface area contributed by atoms with Crippen molar-refractivity contribution in [2.24, 2.45) is 0 Å². The lowest BCUT2D eigenvalue weighted by atomic mass is 10.1. The molecule has 0 aliphatic carbocycles. The number of unbranched alkanes of at least 4 members (excludes halogenated alkanes) is 1. The molecular weight excluding hydrogens is 252 g/mol. The van der Waals surface area contributed by atoms with Crippen molar-refractivity contribution in [2.45, 2.75) is 43.7 Å². The van der Waals surface area contributed by atoms with Gasteiger partial charge in [0, 0.05) is 22.7 Å². The summed E-state index contributed by atoms with van der Waals surface area (Å²) in [5.41, 5.74) is 1.49. The Morgan fingerprint density at radius 3 is 2.89 bits per heavy atom. The number of rotatable bonds is 7. The second-order valence-corrected chi connectivity index (χ2v) is 6.70. The summed E-state index contributed by atoms with van der Waals surface area (Å²) in [7, 11) is 2.21. The molecule has 19 heavy (non-hydrogen) atoms. The van der Waals surface area contributed by atoms with Crippen molar-refractivity contribution in [1.82, 2.24) is 10.2 Å². The molecule has 2 nitrogen and oxygen atoms in total. The third-order valence-electron chi connectivity index (χ3n) is 3.91. The summed E-state index contributed by atoms with van der Waals surface area (Å²) in [4.78, 5) is 3.88. The van der Waals surface area contributed by atoms with E-state index in [0.717, 1.165) is 6.54 Å². The van der Waals surface area contributed by atoms with Crippen LogP contribution in [0.1, 0.15) is 38.3 Å². The summed E-state index contributed by atoms with van der Waals surface area (Å²) in [5.74, 6) is 1.19. The van der Waals surface area contributed by atoms with E-state index in [4.69, 9.17) is 0 Å². The van der Waals surface area contributed by atoms with Crippen LogP contribution in [0.4, 0.5) is 0 Å². The fourth-order valence-electron chi connectivity index (χ4n) is 2.35. The summed E-state index contributed by atoms with van der Waals surface area (Å²) >= 11 is 1.98. The zero-order chi connectivity index (χ0) is 13.7. The minimum Gasteiger partial charge on any atom is -0.309 e. The van der Waals surface area contributed by atoms with Crippen LogP contribution in [-0.4, -0.2) is 36.8 Å². The second kappa shape index (κ2) is 7.32. The van der Waals surface area contributed by atoms with Gasteiger partial charge in [-0.05, 0) is 58.5 Å². The predicted molar refractivity (Wildman–Crippen MR) is 84.9 cm³/mol. The first kappa shape index (κ1) is 14.9. The maximum absolute atomic E-state index is 3.70. The van der Waals surface area contributed by atoms with E-state index in [1.165, 1.54) is 35.6 Å². The molecule has 1 heterocycles. The highest BCUT2D eigenvalue weighted by Gasteiger charge is 2.21. The van der Waals surface area contributed by atoms with Gasteiger partial charge in [0.1, 0.15) is 0 Å². The van der Waals surface area contributed by atoms with Gasteiger partial charge in [-0.15, -0.1) is 11.8 Å². The minimum atomic E-state index is 0.559. The van der Waals surface area contributed by atoms with Crippen molar-refractivity contribution in [3.05, 3.63) is 29.8 Å². The van der Waals surface area contributed by atoms with Gasteiger partial charge in [0.15, 0.2) is 0 Å². The average Bonchev–Trinajstić information content (AvgIpc) is 2.81. The van der Waals surface area contributed by atoms with Gasteiger partial charge in [0.05, 0.1) is 0 Å². The van der Waals surface area contributed by atoms with Crippen LogP contribution in [0.2, 0.25) is 0 Å². The van der Waals surface area contributed by atoms with E-state index < -0.39 is 0 Å². The Morgan fingerprint density at radius 1 is 1.32 bits per heavy atom. The zero-order valence-corrected chi connectivity index (χ0v) is 13.2. The van der Waals surface area contributed by atoms with Crippen molar-refractivity contribution in [2.75, 3.05) is 25.9 Å². The van der Waals surface area contributed by atoms with Crippen LogP contribution >= 0.6 is 11.8 Å². The number of nitrogens with one attached hydrogen (secondary N) is 1. The number of benzene rings is 1. The second-order valence-electron chi connectivity index (χ2n) is 5.64. The third kappa shape index (κ3) is 4.23. The van der Waals surface area contributed by atoms with E-state index in [2.05, 4.69) is 55.4 Å². The molecule has 1 atom stereocenters. The number of hydrogen-bond acceptors (Lipinski definition) is 3. The summed E-state index contributed by atoms with van der Waals surface area (Å²) < 4.78 is 0. The Kier molecular flexibility index (Phi) is 5.74. The Labute approximate surface area is 122 Å². The number of fused-ring (bicyclic) bond motifs is 1. The van der Waals surface area contributed by atoms with Crippen molar-refractivity contribution < 1.29 is 0 Å². The molecule has 0 fully saturated rings. The molecule has 1 N–H and O–H groups in total. The van der Waals surface area contributed by atoms with Crippen LogP contribution < -0.4 is 5.32 Å². The van der Waals surface area contributed by atoms with Gasteiger partial charge in [-0.3, -0.25) is 0 Å². The molecule has 0 bridgehead atoms. The van der Waals surface area contributed by atoms with Crippen molar-refractivity contribution >= 4 is 11.8 Å². The molecule has 0 saturated heterocycles.